The third-order valence-electron chi connectivity index (χ3n) is 3.52. The molecule has 24 heavy (non-hydrogen) atoms. The Morgan fingerprint density at radius 2 is 1.92 bits per heavy atom. The summed E-state index contributed by atoms with van der Waals surface area (Å²) in [5.74, 6) is 0. The molecular formula is C16H13N5OS2. The number of benzene rings is 1. The van der Waals surface area contributed by atoms with E-state index in [1.54, 1.807) is 11.3 Å². The summed E-state index contributed by atoms with van der Waals surface area (Å²) in [5, 5.41) is 13.4. The van der Waals surface area contributed by atoms with E-state index in [1.807, 2.05) is 22.9 Å². The normalized spacial score (nSPS) is 11.0. The number of nitrogens with zero attached hydrogens (tertiary/aromatic N) is 5. The van der Waals surface area contributed by atoms with Gasteiger partial charge in [-0.05, 0) is 34.9 Å². The van der Waals surface area contributed by atoms with Crippen molar-refractivity contribution in [1.82, 2.24) is 24.8 Å². The van der Waals surface area contributed by atoms with Crippen molar-refractivity contribution in [2.45, 2.75) is 13.5 Å². The van der Waals surface area contributed by atoms with Gasteiger partial charge in [0.15, 0.2) is 0 Å². The molecule has 0 saturated heterocycles. The van der Waals surface area contributed by atoms with Crippen LogP contribution in [0.5, 0.6) is 0 Å². The van der Waals surface area contributed by atoms with Gasteiger partial charge in [0.05, 0.1) is 12.2 Å². The largest absolute Gasteiger partial charge is 0.369 e. The maximum absolute atomic E-state index is 12.4. The predicted octanol–water partition coefficient (Wildman–Crippen LogP) is 2.97. The molecule has 0 aliphatic carbocycles. The van der Waals surface area contributed by atoms with E-state index in [4.69, 9.17) is 0 Å². The van der Waals surface area contributed by atoms with Crippen LogP contribution in [-0.2, 0) is 6.54 Å². The fourth-order valence-electron chi connectivity index (χ4n) is 2.26. The van der Waals surface area contributed by atoms with Crippen molar-refractivity contribution in [3.63, 3.8) is 0 Å². The molecule has 6 nitrogen and oxygen atoms in total. The number of tetrazole rings is 1. The van der Waals surface area contributed by atoms with Gasteiger partial charge >= 0.3 is 5.69 Å². The molecule has 4 aromatic rings. The van der Waals surface area contributed by atoms with Crippen molar-refractivity contribution in [3.05, 3.63) is 68.9 Å². The Labute approximate surface area is 145 Å². The Hall–Kier alpha value is -2.58. The fourth-order valence-corrected chi connectivity index (χ4v) is 3.75. The Morgan fingerprint density at radius 1 is 1.08 bits per heavy atom. The number of hydrogen-bond donors (Lipinski definition) is 0. The lowest BCUT2D eigenvalue weighted by atomic mass is 10.2. The van der Waals surface area contributed by atoms with Crippen molar-refractivity contribution in [3.8, 4) is 15.6 Å². The van der Waals surface area contributed by atoms with Gasteiger partial charge in [0.25, 0.3) is 0 Å². The molecule has 0 spiro atoms. The average molecular weight is 355 g/mol. The molecule has 3 heterocycles. The predicted molar refractivity (Wildman–Crippen MR) is 94.9 cm³/mol. The Kier molecular flexibility index (Phi) is 3.83. The molecule has 0 radical (unpaired) electrons. The fraction of sp³-hybridized carbons (Fsp3) is 0.125. The van der Waals surface area contributed by atoms with Gasteiger partial charge in [0.1, 0.15) is 10.0 Å². The molecule has 4 rings (SSSR count). The number of rotatable bonds is 4. The highest BCUT2D eigenvalue weighted by Crippen LogP contribution is 2.24. The molecule has 1 aromatic carbocycles. The SMILES string of the molecule is Cc1ccc(-c2nc(Cn3nnn(-c4cccs4)c3=O)cs2)cc1. The topological polar surface area (TPSA) is 65.6 Å². The van der Waals surface area contributed by atoms with Gasteiger partial charge in [-0.3, -0.25) is 0 Å². The summed E-state index contributed by atoms with van der Waals surface area (Å²) in [6.07, 6.45) is 0. The minimum Gasteiger partial charge on any atom is -0.244 e. The lowest BCUT2D eigenvalue weighted by molar-refractivity contribution is 0.624. The quantitative estimate of drug-likeness (QED) is 0.564. The zero-order valence-electron chi connectivity index (χ0n) is 12.8. The van der Waals surface area contributed by atoms with Crippen LogP contribution in [0.4, 0.5) is 0 Å². The van der Waals surface area contributed by atoms with Gasteiger partial charge in [-0.1, -0.05) is 29.8 Å². The van der Waals surface area contributed by atoms with Crippen molar-refractivity contribution in [1.29, 1.82) is 0 Å². The van der Waals surface area contributed by atoms with E-state index in [0.717, 1.165) is 21.3 Å². The number of aryl methyl sites for hydroxylation is 1. The lowest BCUT2D eigenvalue weighted by Gasteiger charge is -1.97. The number of thiazole rings is 1. The Bertz CT molecular complexity index is 1010. The van der Waals surface area contributed by atoms with Crippen LogP contribution in [-0.4, -0.2) is 24.8 Å². The standard InChI is InChI=1S/C16H13N5OS2/c1-11-4-6-12(7-5-11)15-17-13(10-24-15)9-20-16(22)21(19-18-20)14-3-2-8-23-14/h2-8,10H,9H2,1H3. The Morgan fingerprint density at radius 3 is 2.67 bits per heavy atom. The summed E-state index contributed by atoms with van der Waals surface area (Å²) < 4.78 is 2.63. The maximum atomic E-state index is 12.4. The molecule has 0 fully saturated rings. The van der Waals surface area contributed by atoms with Gasteiger partial charge in [-0.25, -0.2) is 9.78 Å². The highest BCUT2D eigenvalue weighted by Gasteiger charge is 2.12. The molecule has 0 bridgehead atoms. The minimum atomic E-state index is -0.262. The highest BCUT2D eigenvalue weighted by atomic mass is 32.1. The summed E-state index contributed by atoms with van der Waals surface area (Å²) in [7, 11) is 0. The molecule has 3 aromatic heterocycles. The maximum Gasteiger partial charge on any atom is 0.369 e. The van der Waals surface area contributed by atoms with E-state index in [-0.39, 0.29) is 5.69 Å². The first-order valence-electron chi connectivity index (χ1n) is 7.29. The van der Waals surface area contributed by atoms with Crippen LogP contribution >= 0.6 is 22.7 Å². The smallest absolute Gasteiger partial charge is 0.244 e. The molecule has 0 aliphatic rings. The molecule has 0 N–H and O–H groups in total. The van der Waals surface area contributed by atoms with E-state index in [9.17, 15) is 4.79 Å². The summed E-state index contributed by atoms with van der Waals surface area (Å²) >= 11 is 3.00. The molecule has 0 atom stereocenters. The molecule has 8 heteroatoms. The van der Waals surface area contributed by atoms with Gasteiger partial charge in [0.2, 0.25) is 0 Å². The number of hydrogen-bond acceptors (Lipinski definition) is 6. The van der Waals surface area contributed by atoms with Crippen LogP contribution in [0.2, 0.25) is 0 Å². The van der Waals surface area contributed by atoms with Crippen molar-refractivity contribution in [2.75, 3.05) is 0 Å². The highest BCUT2D eigenvalue weighted by molar-refractivity contribution is 7.13. The van der Waals surface area contributed by atoms with Gasteiger partial charge in [-0.2, -0.15) is 9.36 Å². The van der Waals surface area contributed by atoms with Crippen LogP contribution < -0.4 is 5.69 Å². The molecule has 0 saturated carbocycles. The second-order valence-electron chi connectivity index (χ2n) is 5.29. The summed E-state index contributed by atoms with van der Waals surface area (Å²) in [5.41, 5.74) is 2.83. The van der Waals surface area contributed by atoms with Gasteiger partial charge in [-0.15, -0.1) is 22.7 Å². The van der Waals surface area contributed by atoms with E-state index in [0.29, 0.717) is 6.54 Å². The lowest BCUT2D eigenvalue weighted by Crippen LogP contribution is -2.24. The van der Waals surface area contributed by atoms with Crippen molar-refractivity contribution in [2.24, 2.45) is 0 Å². The first-order chi connectivity index (χ1) is 11.7. The Balaban J connectivity index is 1.59. The first kappa shape index (κ1) is 15.0. The first-order valence-corrected chi connectivity index (χ1v) is 9.05. The second kappa shape index (κ2) is 6.14. The zero-order valence-corrected chi connectivity index (χ0v) is 14.4. The summed E-state index contributed by atoms with van der Waals surface area (Å²) in [6, 6.07) is 11.9. The minimum absolute atomic E-state index is 0.262. The zero-order chi connectivity index (χ0) is 16.5. The number of thiophene rings is 1. The molecular weight excluding hydrogens is 342 g/mol. The summed E-state index contributed by atoms with van der Waals surface area (Å²) in [6.45, 7) is 2.37. The van der Waals surface area contributed by atoms with Crippen molar-refractivity contribution >= 4 is 22.7 Å². The summed E-state index contributed by atoms with van der Waals surface area (Å²) in [4.78, 5) is 17.0. The molecule has 120 valence electrons. The monoisotopic (exact) mass is 355 g/mol. The number of aromatic nitrogens is 5. The van der Waals surface area contributed by atoms with Crippen LogP contribution in [0.1, 0.15) is 11.3 Å². The molecule has 0 amide bonds. The third kappa shape index (κ3) is 2.81. The average Bonchev–Trinajstić information content (AvgIpc) is 3.31. The molecule has 0 aliphatic heterocycles. The van der Waals surface area contributed by atoms with E-state index < -0.39 is 0 Å². The van der Waals surface area contributed by atoms with Gasteiger partial charge in [0, 0.05) is 10.9 Å². The second-order valence-corrected chi connectivity index (χ2v) is 7.08. The third-order valence-corrected chi connectivity index (χ3v) is 5.30. The van der Waals surface area contributed by atoms with Gasteiger partial charge < -0.3 is 0 Å². The van der Waals surface area contributed by atoms with Crippen molar-refractivity contribution < 1.29 is 0 Å². The van der Waals surface area contributed by atoms with Crippen LogP contribution in [0.15, 0.2) is 52.0 Å². The van der Waals surface area contributed by atoms with Crippen LogP contribution in [0.3, 0.4) is 0 Å². The van der Waals surface area contributed by atoms with Crippen LogP contribution in [0.25, 0.3) is 15.6 Å². The van der Waals surface area contributed by atoms with Crippen LogP contribution in [0, 0.1) is 6.92 Å². The van der Waals surface area contributed by atoms with E-state index in [1.165, 1.54) is 26.3 Å². The van der Waals surface area contributed by atoms with E-state index >= 15 is 0 Å². The van der Waals surface area contributed by atoms with E-state index in [2.05, 4.69) is 46.6 Å². The molecule has 0 unspecified atom stereocenters.